The second kappa shape index (κ2) is 5.24. The highest BCUT2D eigenvalue weighted by Gasteiger charge is 2.29. The number of carbonyl (C=O) groups excluding carboxylic acids is 1. The van der Waals surface area contributed by atoms with Crippen LogP contribution < -0.4 is 0 Å². The van der Waals surface area contributed by atoms with Crippen LogP contribution in [0.15, 0.2) is 30.5 Å². The van der Waals surface area contributed by atoms with Gasteiger partial charge in [-0.3, -0.25) is 9.59 Å². The molecule has 1 N–H and O–H groups in total. The Balaban J connectivity index is 1.90. The maximum Gasteiger partial charge on any atom is 0.307 e. The molecule has 1 aliphatic rings. The van der Waals surface area contributed by atoms with Gasteiger partial charge in [-0.2, -0.15) is 0 Å². The maximum absolute atomic E-state index is 12.3. The molecule has 0 atom stereocenters. The number of fused-ring (bicyclic) bond motifs is 1. The van der Waals surface area contributed by atoms with Crippen molar-refractivity contribution in [1.29, 1.82) is 0 Å². The van der Waals surface area contributed by atoms with Crippen molar-refractivity contribution in [3.8, 4) is 0 Å². The van der Waals surface area contributed by atoms with Crippen LogP contribution in [0.2, 0.25) is 0 Å². The van der Waals surface area contributed by atoms with E-state index in [1.807, 2.05) is 35.9 Å². The molecule has 0 radical (unpaired) electrons. The molecular weight excluding hydrogens is 268 g/mol. The van der Waals surface area contributed by atoms with Gasteiger partial charge in [0.15, 0.2) is 0 Å². The average Bonchev–Trinajstić information content (AvgIpc) is 3.24. The van der Waals surface area contributed by atoms with Crippen molar-refractivity contribution in [1.82, 2.24) is 9.47 Å². The second-order valence-corrected chi connectivity index (χ2v) is 5.61. The largest absolute Gasteiger partial charge is 0.481 e. The molecule has 110 valence electrons. The Morgan fingerprint density at radius 2 is 2.05 bits per heavy atom. The molecule has 0 bridgehead atoms. The summed E-state index contributed by atoms with van der Waals surface area (Å²) in [6, 6.07) is 8.00. The van der Waals surface area contributed by atoms with E-state index in [1.165, 1.54) is 0 Å². The first-order valence-electron chi connectivity index (χ1n) is 7.10. The number of carboxylic acid groups (broad SMARTS) is 1. The molecule has 1 heterocycles. The highest BCUT2D eigenvalue weighted by molar-refractivity contribution is 5.89. The number of likely N-dealkylation sites (N-methyl/N-ethyl adjacent to an activating group) is 1. The van der Waals surface area contributed by atoms with Crippen molar-refractivity contribution < 1.29 is 14.7 Å². The van der Waals surface area contributed by atoms with Gasteiger partial charge in [-0.05, 0) is 24.5 Å². The van der Waals surface area contributed by atoms with Crippen LogP contribution in [0.1, 0.15) is 18.4 Å². The predicted molar refractivity (Wildman–Crippen MR) is 79.1 cm³/mol. The van der Waals surface area contributed by atoms with Crippen molar-refractivity contribution in [2.75, 3.05) is 7.05 Å². The Morgan fingerprint density at radius 1 is 1.33 bits per heavy atom. The minimum Gasteiger partial charge on any atom is -0.481 e. The first-order valence-corrected chi connectivity index (χ1v) is 7.10. The summed E-state index contributed by atoms with van der Waals surface area (Å²) in [6.45, 7) is 0.257. The lowest BCUT2D eigenvalue weighted by Crippen LogP contribution is -2.31. The van der Waals surface area contributed by atoms with Crippen LogP contribution in [-0.2, 0) is 22.6 Å². The number of para-hydroxylation sites is 1. The number of benzene rings is 1. The molecule has 0 spiro atoms. The van der Waals surface area contributed by atoms with Gasteiger partial charge in [0, 0.05) is 30.2 Å². The number of aromatic nitrogens is 1. The van der Waals surface area contributed by atoms with Crippen LogP contribution in [-0.4, -0.2) is 39.5 Å². The standard InChI is InChI=1S/C16H18N2O3/c1-17(12-6-7-12)15(19)10-18-9-11(8-16(20)21)13-4-2-3-5-14(13)18/h2-5,9,12H,6-8,10H2,1H3,(H,20,21). The van der Waals surface area contributed by atoms with Crippen molar-refractivity contribution >= 4 is 22.8 Å². The third kappa shape index (κ3) is 2.77. The molecule has 2 aromatic rings. The maximum atomic E-state index is 12.3. The third-order valence-electron chi connectivity index (χ3n) is 4.01. The van der Waals surface area contributed by atoms with Crippen LogP contribution in [0.4, 0.5) is 0 Å². The zero-order valence-corrected chi connectivity index (χ0v) is 12.0. The summed E-state index contributed by atoms with van der Waals surface area (Å²) >= 11 is 0. The van der Waals surface area contributed by atoms with Gasteiger partial charge in [-0.25, -0.2) is 0 Å². The summed E-state index contributed by atoms with van der Waals surface area (Å²) < 4.78 is 1.86. The summed E-state index contributed by atoms with van der Waals surface area (Å²) in [6.07, 6.45) is 3.93. The second-order valence-electron chi connectivity index (χ2n) is 5.61. The number of rotatable bonds is 5. The van der Waals surface area contributed by atoms with E-state index in [-0.39, 0.29) is 18.9 Å². The molecule has 0 unspecified atom stereocenters. The molecule has 0 aliphatic heterocycles. The van der Waals surface area contributed by atoms with E-state index < -0.39 is 5.97 Å². The molecule has 3 rings (SSSR count). The normalized spacial score (nSPS) is 14.3. The lowest BCUT2D eigenvalue weighted by Gasteiger charge is -2.16. The molecule has 5 heteroatoms. The Bertz CT molecular complexity index is 701. The number of carboxylic acids is 1. The van der Waals surface area contributed by atoms with Gasteiger partial charge in [0.2, 0.25) is 5.91 Å². The SMILES string of the molecule is CN(C(=O)Cn1cc(CC(=O)O)c2ccccc21)C1CC1. The van der Waals surface area contributed by atoms with Gasteiger partial charge in [-0.1, -0.05) is 18.2 Å². The van der Waals surface area contributed by atoms with Crippen LogP contribution >= 0.6 is 0 Å². The van der Waals surface area contributed by atoms with Crippen LogP contribution in [0.5, 0.6) is 0 Å². The van der Waals surface area contributed by atoms with E-state index in [4.69, 9.17) is 5.11 Å². The van der Waals surface area contributed by atoms with Gasteiger partial charge in [0.1, 0.15) is 6.54 Å². The molecule has 1 aromatic carbocycles. The van der Waals surface area contributed by atoms with Crippen molar-refractivity contribution in [2.24, 2.45) is 0 Å². The Kier molecular flexibility index (Phi) is 3.41. The Labute approximate surface area is 122 Å². The highest BCUT2D eigenvalue weighted by Crippen LogP contribution is 2.26. The summed E-state index contributed by atoms with van der Waals surface area (Å²) in [5.74, 6) is -0.792. The number of carbonyl (C=O) groups is 2. The fraction of sp³-hybridized carbons (Fsp3) is 0.375. The lowest BCUT2D eigenvalue weighted by atomic mass is 10.1. The fourth-order valence-electron chi connectivity index (χ4n) is 2.68. The topological polar surface area (TPSA) is 62.5 Å². The van der Waals surface area contributed by atoms with E-state index in [1.54, 1.807) is 11.1 Å². The molecular formula is C16H18N2O3. The monoisotopic (exact) mass is 286 g/mol. The fourth-order valence-corrected chi connectivity index (χ4v) is 2.68. The molecule has 1 amide bonds. The summed E-state index contributed by atoms with van der Waals surface area (Å²) in [7, 11) is 1.84. The van der Waals surface area contributed by atoms with E-state index >= 15 is 0 Å². The molecule has 0 saturated heterocycles. The van der Waals surface area contributed by atoms with Gasteiger partial charge in [-0.15, -0.1) is 0 Å². The minimum atomic E-state index is -0.862. The van der Waals surface area contributed by atoms with E-state index in [0.29, 0.717) is 6.04 Å². The number of nitrogens with zero attached hydrogens (tertiary/aromatic N) is 2. The van der Waals surface area contributed by atoms with Crippen molar-refractivity contribution in [2.45, 2.75) is 31.8 Å². The van der Waals surface area contributed by atoms with Gasteiger partial charge in [0.05, 0.1) is 6.42 Å². The summed E-state index contributed by atoms with van der Waals surface area (Å²) in [5, 5.41) is 9.91. The number of amides is 1. The molecule has 1 fully saturated rings. The van der Waals surface area contributed by atoms with E-state index in [9.17, 15) is 9.59 Å². The molecule has 1 saturated carbocycles. The average molecular weight is 286 g/mol. The van der Waals surface area contributed by atoms with Crippen molar-refractivity contribution in [3.05, 3.63) is 36.0 Å². The van der Waals surface area contributed by atoms with Crippen LogP contribution in [0, 0.1) is 0 Å². The number of hydrogen-bond acceptors (Lipinski definition) is 2. The van der Waals surface area contributed by atoms with Gasteiger partial charge >= 0.3 is 5.97 Å². The quantitative estimate of drug-likeness (QED) is 0.913. The number of aliphatic carboxylic acids is 1. The lowest BCUT2D eigenvalue weighted by molar-refractivity contribution is -0.136. The van der Waals surface area contributed by atoms with Crippen LogP contribution in [0.3, 0.4) is 0 Å². The zero-order valence-electron chi connectivity index (χ0n) is 12.0. The zero-order chi connectivity index (χ0) is 15.0. The molecule has 21 heavy (non-hydrogen) atoms. The van der Waals surface area contributed by atoms with Gasteiger partial charge in [0.25, 0.3) is 0 Å². The number of hydrogen-bond donors (Lipinski definition) is 1. The predicted octanol–water partition coefficient (Wildman–Crippen LogP) is 1.89. The molecule has 5 nitrogen and oxygen atoms in total. The Morgan fingerprint density at radius 3 is 2.71 bits per heavy atom. The first-order chi connectivity index (χ1) is 10.1. The van der Waals surface area contributed by atoms with Crippen molar-refractivity contribution in [3.63, 3.8) is 0 Å². The third-order valence-corrected chi connectivity index (χ3v) is 4.01. The summed E-state index contributed by atoms with van der Waals surface area (Å²) in [4.78, 5) is 25.0. The first kappa shape index (κ1) is 13.7. The van der Waals surface area contributed by atoms with Crippen LogP contribution in [0.25, 0.3) is 10.9 Å². The Hall–Kier alpha value is -2.30. The molecule has 1 aliphatic carbocycles. The minimum absolute atomic E-state index is 0.0276. The smallest absolute Gasteiger partial charge is 0.307 e. The summed E-state index contributed by atoms with van der Waals surface area (Å²) in [5.41, 5.74) is 1.66. The highest BCUT2D eigenvalue weighted by atomic mass is 16.4. The van der Waals surface area contributed by atoms with E-state index in [2.05, 4.69) is 0 Å². The van der Waals surface area contributed by atoms with E-state index in [0.717, 1.165) is 29.3 Å². The molecule has 1 aromatic heterocycles. The van der Waals surface area contributed by atoms with Gasteiger partial charge < -0.3 is 14.6 Å².